The Morgan fingerprint density at radius 1 is 1.09 bits per heavy atom. The second kappa shape index (κ2) is 12.0. The van der Waals surface area contributed by atoms with Gasteiger partial charge in [0, 0.05) is 23.3 Å². The fraction of sp³-hybridized carbons (Fsp3) is 0.360. The summed E-state index contributed by atoms with van der Waals surface area (Å²) in [6.45, 7) is -2.73. The van der Waals surface area contributed by atoms with E-state index in [0.717, 1.165) is 20.6 Å². The van der Waals surface area contributed by atoms with E-state index in [1.807, 2.05) is 0 Å². The van der Waals surface area contributed by atoms with Crippen molar-refractivity contribution < 1.29 is 41.0 Å². The van der Waals surface area contributed by atoms with Gasteiger partial charge in [-0.05, 0) is 36.4 Å². The number of rotatable bonds is 7. The van der Waals surface area contributed by atoms with Crippen LogP contribution in [-0.2, 0) is 17.8 Å². The van der Waals surface area contributed by atoms with Crippen molar-refractivity contribution in [2.24, 2.45) is 0 Å². The van der Waals surface area contributed by atoms with Crippen LogP contribution in [0.4, 0.5) is 26.3 Å². The molecule has 1 aliphatic heterocycles. The van der Waals surface area contributed by atoms with E-state index < -0.39 is 55.8 Å². The molecule has 1 aliphatic rings. The number of carbonyl (C=O) groups excluding carboxylic acids is 1. The number of aromatic nitrogens is 7. The zero-order chi connectivity index (χ0) is 31.8. The molecule has 0 saturated carbocycles. The van der Waals surface area contributed by atoms with E-state index in [1.54, 1.807) is 0 Å². The smallest absolute Gasteiger partial charge is 0.382 e. The molecular weight excluding hydrogens is 626 g/mol. The minimum absolute atomic E-state index is 0.0541. The third-order valence-corrected chi connectivity index (χ3v) is 6.80. The first-order valence-electron chi connectivity index (χ1n) is 12.7. The Labute approximate surface area is 248 Å². The molecule has 19 heteroatoms. The molecule has 1 saturated heterocycles. The van der Waals surface area contributed by atoms with Crippen molar-refractivity contribution in [2.75, 3.05) is 19.7 Å². The van der Waals surface area contributed by atoms with E-state index in [2.05, 4.69) is 20.2 Å². The summed E-state index contributed by atoms with van der Waals surface area (Å²) in [5.74, 6) is -1.04. The van der Waals surface area contributed by atoms with Crippen LogP contribution in [-0.4, -0.2) is 94.3 Å². The van der Waals surface area contributed by atoms with Gasteiger partial charge in [-0.2, -0.15) is 26.3 Å². The largest absolute Gasteiger partial charge is 0.416 e. The molecule has 4 heterocycles. The van der Waals surface area contributed by atoms with E-state index in [1.165, 1.54) is 42.6 Å². The minimum Gasteiger partial charge on any atom is -0.382 e. The lowest BCUT2D eigenvalue weighted by Gasteiger charge is -2.33. The first kappa shape index (κ1) is 31.1. The Balaban J connectivity index is 1.43. The highest BCUT2D eigenvalue weighted by atomic mass is 35.5. The number of halogens is 7. The van der Waals surface area contributed by atoms with Crippen LogP contribution in [0.5, 0.6) is 0 Å². The van der Waals surface area contributed by atoms with Gasteiger partial charge in [0.2, 0.25) is 0 Å². The van der Waals surface area contributed by atoms with E-state index in [9.17, 15) is 41.0 Å². The molecule has 3 aromatic heterocycles. The molecule has 0 spiro atoms. The Morgan fingerprint density at radius 2 is 1.82 bits per heavy atom. The minimum atomic E-state index is -5.01. The number of aliphatic hydroxyl groups is 1. The highest BCUT2D eigenvalue weighted by Crippen LogP contribution is 2.27. The average Bonchev–Trinajstić information content (AvgIpc) is 3.57. The summed E-state index contributed by atoms with van der Waals surface area (Å²) in [6.07, 6.45) is -12.3. The van der Waals surface area contributed by atoms with Crippen LogP contribution in [0.25, 0.3) is 17.1 Å². The normalized spacial score (nSPS) is 16.7. The maximum Gasteiger partial charge on any atom is 0.416 e. The number of aliphatic hydroxyl groups excluding tert-OH is 1. The number of ether oxygens (including phenoxy) is 1. The molecule has 1 unspecified atom stereocenters. The summed E-state index contributed by atoms with van der Waals surface area (Å²) in [5.41, 5.74) is -0.912. The lowest BCUT2D eigenvalue weighted by atomic mass is 10.2. The summed E-state index contributed by atoms with van der Waals surface area (Å²) >= 11 is 5.90. The van der Waals surface area contributed by atoms with Gasteiger partial charge in [-0.1, -0.05) is 11.6 Å². The molecule has 4 aromatic rings. The number of hydrogen-bond acceptors (Lipinski definition) is 8. The molecule has 1 N–H and O–H groups in total. The highest BCUT2D eigenvalue weighted by Gasteiger charge is 2.44. The third kappa shape index (κ3) is 6.61. The summed E-state index contributed by atoms with van der Waals surface area (Å²) in [7, 11) is 0. The van der Waals surface area contributed by atoms with E-state index in [0.29, 0.717) is 9.59 Å². The summed E-state index contributed by atoms with van der Waals surface area (Å²) in [5, 5.41) is 18.3. The van der Waals surface area contributed by atoms with Crippen molar-refractivity contribution in [2.45, 2.75) is 37.7 Å². The number of nitrogens with zero attached hydrogens (tertiary/aromatic N) is 8. The Hall–Kier alpha value is -4.29. The molecule has 0 radical (unpaired) electrons. The van der Waals surface area contributed by atoms with Gasteiger partial charge >= 0.3 is 18.0 Å². The quantitative estimate of drug-likeness (QED) is 0.303. The first-order chi connectivity index (χ1) is 20.7. The van der Waals surface area contributed by atoms with Gasteiger partial charge < -0.3 is 14.7 Å². The van der Waals surface area contributed by atoms with Crippen LogP contribution in [0.1, 0.15) is 16.3 Å². The number of carbonyl (C=O) groups is 1. The van der Waals surface area contributed by atoms with Crippen LogP contribution in [0.2, 0.25) is 5.02 Å². The van der Waals surface area contributed by atoms with Gasteiger partial charge in [-0.15, -0.1) is 10.2 Å². The molecule has 2 atom stereocenters. The standard InChI is InChI=1S/C25H21ClF6N8O4/c26-15-5-3-14(4-6-15)21-36-39(23(43)38(21)10-17(41)24(27,28)29)12-19-34-13-40(35-19)16-2-1-7-33-20(16)22(42)37-8-9-44-18(11-37)25(30,31)32/h1-7,13,17-18,41H,8-12H2/t17-,18?/m0/s1. The molecule has 0 aliphatic carbocycles. The fourth-order valence-electron chi connectivity index (χ4n) is 4.35. The van der Waals surface area contributed by atoms with Crippen molar-refractivity contribution in [1.29, 1.82) is 0 Å². The van der Waals surface area contributed by atoms with Gasteiger partial charge in [-0.25, -0.2) is 24.1 Å². The molecule has 234 valence electrons. The highest BCUT2D eigenvalue weighted by molar-refractivity contribution is 6.30. The topological polar surface area (TPSA) is 133 Å². The van der Waals surface area contributed by atoms with Crippen molar-refractivity contribution in [1.82, 2.24) is 39.0 Å². The fourth-order valence-corrected chi connectivity index (χ4v) is 4.47. The van der Waals surface area contributed by atoms with Crippen LogP contribution >= 0.6 is 11.6 Å². The number of pyridine rings is 1. The lowest BCUT2D eigenvalue weighted by Crippen LogP contribution is -2.51. The molecule has 1 fully saturated rings. The molecule has 1 aromatic carbocycles. The van der Waals surface area contributed by atoms with Crippen LogP contribution in [0, 0.1) is 0 Å². The van der Waals surface area contributed by atoms with Crippen molar-refractivity contribution in [3.63, 3.8) is 0 Å². The molecular formula is C25H21ClF6N8O4. The third-order valence-electron chi connectivity index (χ3n) is 6.54. The SMILES string of the molecule is O=C(c1ncccc1-n1cnc(Cn2nc(-c3ccc(Cl)cc3)n(C[C@H](O)C(F)(F)F)c2=O)n1)N1CCOC(C(F)(F)F)C1. The predicted octanol–water partition coefficient (Wildman–Crippen LogP) is 2.72. The zero-order valence-corrected chi connectivity index (χ0v) is 23.0. The Morgan fingerprint density at radius 3 is 2.50 bits per heavy atom. The summed E-state index contributed by atoms with van der Waals surface area (Å²) in [4.78, 5) is 35.4. The van der Waals surface area contributed by atoms with Crippen molar-refractivity contribution in [3.8, 4) is 17.1 Å². The van der Waals surface area contributed by atoms with E-state index >= 15 is 0 Å². The molecule has 1 amide bonds. The van der Waals surface area contributed by atoms with Gasteiger partial charge in [-0.3, -0.25) is 9.36 Å². The molecule has 12 nitrogen and oxygen atoms in total. The van der Waals surface area contributed by atoms with Crippen LogP contribution in [0.3, 0.4) is 0 Å². The maximum absolute atomic E-state index is 13.2. The second-order valence-corrected chi connectivity index (χ2v) is 10.0. The first-order valence-corrected chi connectivity index (χ1v) is 13.1. The lowest BCUT2D eigenvalue weighted by molar-refractivity contribution is -0.233. The molecule has 0 bridgehead atoms. The predicted molar refractivity (Wildman–Crippen MR) is 139 cm³/mol. The average molecular weight is 647 g/mol. The van der Waals surface area contributed by atoms with Gasteiger partial charge in [0.1, 0.15) is 12.9 Å². The van der Waals surface area contributed by atoms with Crippen LogP contribution in [0.15, 0.2) is 53.7 Å². The maximum atomic E-state index is 13.2. The number of amides is 1. The van der Waals surface area contributed by atoms with Crippen LogP contribution < -0.4 is 5.69 Å². The van der Waals surface area contributed by atoms with Gasteiger partial charge in [0.15, 0.2) is 29.6 Å². The van der Waals surface area contributed by atoms with Gasteiger partial charge in [0.25, 0.3) is 5.91 Å². The number of hydrogen-bond donors (Lipinski definition) is 1. The number of alkyl halides is 6. The molecule has 44 heavy (non-hydrogen) atoms. The second-order valence-electron chi connectivity index (χ2n) is 9.57. The number of benzene rings is 1. The Kier molecular flexibility index (Phi) is 8.50. The van der Waals surface area contributed by atoms with Crippen molar-refractivity contribution in [3.05, 3.63) is 75.9 Å². The monoisotopic (exact) mass is 646 g/mol. The van der Waals surface area contributed by atoms with E-state index in [4.69, 9.17) is 16.3 Å². The van der Waals surface area contributed by atoms with Gasteiger partial charge in [0.05, 0.1) is 25.4 Å². The number of morpholine rings is 1. The summed E-state index contributed by atoms with van der Waals surface area (Å²) in [6, 6.07) is 8.65. The van der Waals surface area contributed by atoms with Crippen molar-refractivity contribution >= 4 is 17.5 Å². The van der Waals surface area contributed by atoms with E-state index in [-0.39, 0.29) is 41.7 Å². The summed E-state index contributed by atoms with van der Waals surface area (Å²) < 4.78 is 86.3. The Bertz CT molecular complexity index is 1700. The zero-order valence-electron chi connectivity index (χ0n) is 22.2. The molecule has 5 rings (SSSR count).